The Morgan fingerprint density at radius 1 is 1.25 bits per heavy atom. The number of benzene rings is 1. The van der Waals surface area contributed by atoms with Crippen molar-refractivity contribution in [2.45, 2.75) is 62.2 Å². The Morgan fingerprint density at radius 3 is 2.54 bits per heavy atom. The molecule has 2 nitrogen and oxygen atoms in total. The van der Waals surface area contributed by atoms with E-state index in [0.29, 0.717) is 5.92 Å². The fraction of sp³-hybridized carbons (Fsp3) is 0.619. The predicted octanol–water partition coefficient (Wildman–Crippen LogP) is 4.66. The van der Waals surface area contributed by atoms with Gasteiger partial charge in [-0.1, -0.05) is 6.07 Å². The molecule has 2 heterocycles. The molecule has 24 heavy (non-hydrogen) atoms. The largest absolute Gasteiger partial charge is 0.384 e. The standard InChI is InChI=1S/C19H28N2S.C2H4/c1-18(8-5-9-21(18)3)19(2,22)16-12-20-17-11-14-7-4-6-13(14)10-15(16)17;1-2/h10-11,16,20,22H,4-9,12H2,1-3H3;1-2H2/t16?,18-,19?;/m1./s1. The van der Waals surface area contributed by atoms with E-state index < -0.39 is 0 Å². The molecule has 0 amide bonds. The molecule has 3 atom stereocenters. The predicted molar refractivity (Wildman–Crippen MR) is 109 cm³/mol. The van der Waals surface area contributed by atoms with Gasteiger partial charge in [0.1, 0.15) is 0 Å². The van der Waals surface area contributed by atoms with Crippen LogP contribution >= 0.6 is 12.6 Å². The topological polar surface area (TPSA) is 15.3 Å². The van der Waals surface area contributed by atoms with E-state index in [4.69, 9.17) is 12.6 Å². The van der Waals surface area contributed by atoms with Crippen LogP contribution in [0.15, 0.2) is 25.3 Å². The first-order valence-electron chi connectivity index (χ1n) is 9.27. The van der Waals surface area contributed by atoms with E-state index in [1.165, 1.54) is 49.9 Å². The molecule has 0 bridgehead atoms. The van der Waals surface area contributed by atoms with Crippen LogP contribution in [0.2, 0.25) is 0 Å². The van der Waals surface area contributed by atoms with Crippen molar-refractivity contribution in [2.24, 2.45) is 0 Å². The maximum atomic E-state index is 5.27. The van der Waals surface area contributed by atoms with Crippen LogP contribution in [0.25, 0.3) is 0 Å². The summed E-state index contributed by atoms with van der Waals surface area (Å²) in [5.41, 5.74) is 6.21. The van der Waals surface area contributed by atoms with E-state index >= 15 is 0 Å². The molecule has 1 N–H and O–H groups in total. The lowest BCUT2D eigenvalue weighted by atomic mass is 9.73. The molecule has 132 valence electrons. The van der Waals surface area contributed by atoms with Gasteiger partial charge in [0.15, 0.2) is 0 Å². The number of hydrogen-bond donors (Lipinski definition) is 2. The fourth-order valence-electron chi connectivity index (χ4n) is 5.02. The van der Waals surface area contributed by atoms with Gasteiger partial charge < -0.3 is 5.32 Å². The van der Waals surface area contributed by atoms with Gasteiger partial charge in [0, 0.05) is 28.4 Å². The van der Waals surface area contributed by atoms with Gasteiger partial charge in [-0.2, -0.15) is 12.6 Å². The molecule has 0 aromatic heterocycles. The third kappa shape index (κ3) is 2.52. The van der Waals surface area contributed by atoms with Crippen LogP contribution in [-0.4, -0.2) is 35.3 Å². The Bertz CT molecular complexity index is 625. The molecule has 1 aromatic carbocycles. The van der Waals surface area contributed by atoms with E-state index in [1.54, 1.807) is 11.1 Å². The average molecular weight is 345 g/mol. The van der Waals surface area contributed by atoms with Crippen LogP contribution in [0.5, 0.6) is 0 Å². The van der Waals surface area contributed by atoms with E-state index in [-0.39, 0.29) is 10.3 Å². The Balaban J connectivity index is 0.000000815. The number of thiol groups is 1. The van der Waals surface area contributed by atoms with Crippen molar-refractivity contribution in [3.8, 4) is 0 Å². The SMILES string of the molecule is C=C.CN1CCC[C@]1(C)C(C)(S)C1CNc2cc3c(cc21)CCC3. The third-order valence-corrected chi connectivity index (χ3v) is 7.70. The van der Waals surface area contributed by atoms with Gasteiger partial charge in [-0.3, -0.25) is 4.90 Å². The summed E-state index contributed by atoms with van der Waals surface area (Å²) in [4.78, 5) is 2.53. The smallest absolute Gasteiger partial charge is 0.0379 e. The third-order valence-electron chi connectivity index (χ3n) is 6.90. The quantitative estimate of drug-likeness (QED) is 0.599. The average Bonchev–Trinajstić information content (AvgIpc) is 3.27. The summed E-state index contributed by atoms with van der Waals surface area (Å²) in [6.45, 7) is 13.0. The van der Waals surface area contributed by atoms with Gasteiger partial charge >= 0.3 is 0 Å². The first-order chi connectivity index (χ1) is 11.4. The molecule has 3 aliphatic rings. The maximum Gasteiger partial charge on any atom is 0.0379 e. The van der Waals surface area contributed by atoms with Gasteiger partial charge in [-0.25, -0.2) is 0 Å². The summed E-state index contributed by atoms with van der Waals surface area (Å²) >= 11 is 5.27. The van der Waals surface area contributed by atoms with Crippen molar-refractivity contribution < 1.29 is 0 Å². The van der Waals surface area contributed by atoms with Gasteiger partial charge in [0.25, 0.3) is 0 Å². The van der Waals surface area contributed by atoms with Crippen LogP contribution in [0, 0.1) is 0 Å². The van der Waals surface area contributed by atoms with Crippen molar-refractivity contribution in [1.82, 2.24) is 4.90 Å². The number of nitrogens with one attached hydrogen (secondary N) is 1. The van der Waals surface area contributed by atoms with Crippen LogP contribution in [0.4, 0.5) is 5.69 Å². The van der Waals surface area contributed by atoms with E-state index in [2.05, 4.69) is 56.4 Å². The minimum Gasteiger partial charge on any atom is -0.384 e. The summed E-state index contributed by atoms with van der Waals surface area (Å²) in [6, 6.07) is 4.91. The van der Waals surface area contributed by atoms with Crippen molar-refractivity contribution in [1.29, 1.82) is 0 Å². The molecule has 0 radical (unpaired) electrons. The molecule has 0 saturated carbocycles. The lowest BCUT2D eigenvalue weighted by Crippen LogP contribution is -2.56. The number of aryl methyl sites for hydroxylation is 2. The summed E-state index contributed by atoms with van der Waals surface area (Å²) in [6.07, 6.45) is 6.38. The highest BCUT2D eigenvalue weighted by molar-refractivity contribution is 7.82. The molecular formula is C21H32N2S. The molecule has 2 unspecified atom stereocenters. The minimum absolute atomic E-state index is 0.0245. The van der Waals surface area contributed by atoms with Crippen molar-refractivity contribution in [3.63, 3.8) is 0 Å². The van der Waals surface area contributed by atoms with Crippen LogP contribution in [0.1, 0.15) is 55.7 Å². The Labute approximate surface area is 153 Å². The Kier molecular flexibility index (Phi) is 4.78. The number of anilines is 1. The van der Waals surface area contributed by atoms with Crippen molar-refractivity contribution in [2.75, 3.05) is 25.5 Å². The van der Waals surface area contributed by atoms with E-state index in [9.17, 15) is 0 Å². The molecule has 1 saturated heterocycles. The van der Waals surface area contributed by atoms with Gasteiger partial charge in [0.05, 0.1) is 0 Å². The lowest BCUT2D eigenvalue weighted by Gasteiger charge is -2.49. The molecule has 1 aliphatic carbocycles. The summed E-state index contributed by atoms with van der Waals surface area (Å²) < 4.78 is -0.0245. The van der Waals surface area contributed by atoms with Crippen molar-refractivity contribution in [3.05, 3.63) is 42.0 Å². The molecular weight excluding hydrogens is 312 g/mol. The number of fused-ring (bicyclic) bond motifs is 2. The van der Waals surface area contributed by atoms with Crippen LogP contribution in [0.3, 0.4) is 0 Å². The fourth-order valence-corrected chi connectivity index (χ4v) is 5.53. The zero-order valence-corrected chi connectivity index (χ0v) is 16.4. The molecule has 0 spiro atoms. The molecule has 3 heteroatoms. The number of rotatable bonds is 2. The molecule has 2 aliphatic heterocycles. The Morgan fingerprint density at radius 2 is 1.92 bits per heavy atom. The summed E-state index contributed by atoms with van der Waals surface area (Å²) in [5, 5.41) is 3.67. The lowest BCUT2D eigenvalue weighted by molar-refractivity contribution is 0.135. The van der Waals surface area contributed by atoms with Gasteiger partial charge in [-0.15, -0.1) is 13.2 Å². The first-order valence-corrected chi connectivity index (χ1v) is 9.71. The summed E-state index contributed by atoms with van der Waals surface area (Å²) in [7, 11) is 2.27. The zero-order chi connectivity index (χ0) is 17.5. The second-order valence-corrected chi connectivity index (χ2v) is 8.87. The van der Waals surface area contributed by atoms with E-state index in [0.717, 1.165) is 6.54 Å². The zero-order valence-electron chi connectivity index (χ0n) is 15.5. The number of hydrogen-bond acceptors (Lipinski definition) is 3. The summed E-state index contributed by atoms with van der Waals surface area (Å²) in [5.74, 6) is 0.488. The molecule has 4 rings (SSSR count). The van der Waals surface area contributed by atoms with E-state index in [1.807, 2.05) is 0 Å². The van der Waals surface area contributed by atoms with Gasteiger partial charge in [0.2, 0.25) is 0 Å². The van der Waals surface area contributed by atoms with Crippen LogP contribution < -0.4 is 5.32 Å². The maximum absolute atomic E-state index is 5.27. The molecule has 1 fully saturated rings. The van der Waals surface area contributed by atoms with Crippen LogP contribution in [-0.2, 0) is 12.8 Å². The van der Waals surface area contributed by atoms with Gasteiger partial charge in [-0.05, 0) is 82.3 Å². The first kappa shape index (κ1) is 17.9. The minimum atomic E-state index is -0.0245. The number of nitrogens with zero attached hydrogens (tertiary/aromatic N) is 1. The highest BCUT2D eigenvalue weighted by Crippen LogP contribution is 2.52. The Hall–Kier alpha value is -0.930. The second-order valence-electron chi connectivity index (χ2n) is 7.94. The van der Waals surface area contributed by atoms with Crippen molar-refractivity contribution >= 4 is 18.3 Å². The normalized spacial score (nSPS) is 30.8. The monoisotopic (exact) mass is 344 g/mol. The highest BCUT2D eigenvalue weighted by Gasteiger charge is 2.53. The highest BCUT2D eigenvalue weighted by atomic mass is 32.1. The molecule has 1 aromatic rings. The number of likely N-dealkylation sites (tertiary alicyclic amines) is 1. The second kappa shape index (κ2) is 6.42.